The largest absolute Gasteiger partial charge is 0.507 e. The lowest BCUT2D eigenvalue weighted by molar-refractivity contribution is 0.0600. The Hall–Kier alpha value is -4.10. The van der Waals surface area contributed by atoms with E-state index in [1.165, 1.54) is 12.8 Å². The van der Waals surface area contributed by atoms with Gasteiger partial charge in [-0.3, -0.25) is 9.69 Å². The smallest absolute Gasteiger partial charge is 0.337 e. The summed E-state index contributed by atoms with van der Waals surface area (Å²) in [7, 11) is 1.33. The minimum Gasteiger partial charge on any atom is -0.507 e. The summed E-state index contributed by atoms with van der Waals surface area (Å²) in [5, 5.41) is 10.6. The van der Waals surface area contributed by atoms with Crippen LogP contribution in [0.2, 0.25) is 0 Å². The van der Waals surface area contributed by atoms with Crippen LogP contribution >= 0.6 is 0 Å². The number of hydrogen-bond acceptors (Lipinski definition) is 7. The molecule has 2 aliphatic rings. The van der Waals surface area contributed by atoms with Crippen molar-refractivity contribution in [1.29, 1.82) is 0 Å². The van der Waals surface area contributed by atoms with Crippen molar-refractivity contribution in [3.05, 3.63) is 94.7 Å². The van der Waals surface area contributed by atoms with Gasteiger partial charge in [-0.05, 0) is 48.0 Å². The Balaban J connectivity index is 1.31. The first-order valence-electron chi connectivity index (χ1n) is 11.5. The van der Waals surface area contributed by atoms with E-state index < -0.39 is 5.97 Å². The molecule has 0 aromatic heterocycles. The van der Waals surface area contributed by atoms with Crippen molar-refractivity contribution in [3.8, 4) is 11.5 Å². The van der Waals surface area contributed by atoms with Crippen molar-refractivity contribution in [2.24, 2.45) is 0 Å². The van der Waals surface area contributed by atoms with E-state index >= 15 is 0 Å². The first kappa shape index (κ1) is 22.7. The summed E-state index contributed by atoms with van der Waals surface area (Å²) in [4.78, 5) is 29.3. The number of methoxy groups -OCH3 is 1. The van der Waals surface area contributed by atoms with E-state index in [4.69, 9.17) is 9.47 Å². The minimum absolute atomic E-state index is 0.116. The van der Waals surface area contributed by atoms with Crippen molar-refractivity contribution < 1.29 is 24.2 Å². The lowest BCUT2D eigenvalue weighted by atomic mass is 10.0. The summed E-state index contributed by atoms with van der Waals surface area (Å²) in [6.45, 7) is 3.92. The molecule has 0 amide bonds. The first-order chi connectivity index (χ1) is 17.0. The van der Waals surface area contributed by atoms with Crippen molar-refractivity contribution in [2.45, 2.75) is 6.54 Å². The molecular weight excluding hydrogens is 444 g/mol. The van der Waals surface area contributed by atoms with Crippen LogP contribution < -0.4 is 9.64 Å². The highest BCUT2D eigenvalue weighted by Crippen LogP contribution is 2.40. The maximum atomic E-state index is 13.0. The van der Waals surface area contributed by atoms with Crippen LogP contribution in [-0.4, -0.2) is 55.0 Å². The number of Topliss-reactive ketones (excluding diaryl/α,β-unsaturated/α-hetero) is 1. The number of nitrogens with zero attached hydrogens (tertiary/aromatic N) is 2. The van der Waals surface area contributed by atoms with E-state index in [0.717, 1.165) is 31.7 Å². The Morgan fingerprint density at radius 3 is 2.40 bits per heavy atom. The number of esters is 1. The molecule has 5 rings (SSSR count). The van der Waals surface area contributed by atoms with E-state index in [-0.39, 0.29) is 17.3 Å². The zero-order valence-electron chi connectivity index (χ0n) is 19.4. The molecule has 2 aliphatic heterocycles. The van der Waals surface area contributed by atoms with Crippen LogP contribution in [0.25, 0.3) is 6.08 Å². The Morgan fingerprint density at radius 1 is 1.00 bits per heavy atom. The van der Waals surface area contributed by atoms with Crippen LogP contribution in [0, 0.1) is 0 Å². The number of ketones is 1. The molecule has 1 saturated heterocycles. The van der Waals surface area contributed by atoms with Gasteiger partial charge in [-0.1, -0.05) is 30.3 Å². The summed E-state index contributed by atoms with van der Waals surface area (Å²) in [5.41, 5.74) is 3.42. The molecular formula is C28H26N2O5. The van der Waals surface area contributed by atoms with Gasteiger partial charge in [0.15, 0.2) is 5.76 Å². The van der Waals surface area contributed by atoms with Gasteiger partial charge in [0.1, 0.15) is 11.5 Å². The fourth-order valence-corrected chi connectivity index (χ4v) is 4.46. The van der Waals surface area contributed by atoms with Crippen molar-refractivity contribution >= 4 is 23.5 Å². The van der Waals surface area contributed by atoms with Crippen LogP contribution in [0.3, 0.4) is 0 Å². The van der Waals surface area contributed by atoms with Crippen LogP contribution in [-0.2, 0) is 11.3 Å². The van der Waals surface area contributed by atoms with Gasteiger partial charge >= 0.3 is 5.97 Å². The van der Waals surface area contributed by atoms with E-state index in [1.807, 2.05) is 18.2 Å². The fraction of sp³-hybridized carbons (Fsp3) is 0.214. The van der Waals surface area contributed by atoms with Gasteiger partial charge in [-0.25, -0.2) is 4.79 Å². The summed E-state index contributed by atoms with van der Waals surface area (Å²) < 4.78 is 10.7. The average molecular weight is 471 g/mol. The second-order valence-corrected chi connectivity index (χ2v) is 8.59. The Kier molecular flexibility index (Phi) is 6.25. The van der Waals surface area contributed by atoms with Crippen LogP contribution in [0.5, 0.6) is 11.5 Å². The summed E-state index contributed by atoms with van der Waals surface area (Å²) in [5.74, 6) is 0.0666. The predicted molar refractivity (Wildman–Crippen MR) is 133 cm³/mol. The van der Waals surface area contributed by atoms with Gasteiger partial charge in [0, 0.05) is 38.4 Å². The van der Waals surface area contributed by atoms with Gasteiger partial charge in [0.25, 0.3) is 0 Å². The molecule has 0 unspecified atom stereocenters. The third kappa shape index (κ3) is 4.63. The van der Waals surface area contributed by atoms with Gasteiger partial charge < -0.3 is 19.5 Å². The molecule has 7 heteroatoms. The zero-order valence-corrected chi connectivity index (χ0v) is 19.4. The number of phenolic OH excluding ortho intramolecular Hbond substituents is 1. The van der Waals surface area contributed by atoms with E-state index in [2.05, 4.69) is 21.9 Å². The number of rotatable bonds is 5. The molecule has 1 N–H and O–H groups in total. The van der Waals surface area contributed by atoms with Gasteiger partial charge in [0.05, 0.1) is 23.8 Å². The second kappa shape index (κ2) is 9.64. The molecule has 0 radical (unpaired) electrons. The maximum absolute atomic E-state index is 13.0. The third-order valence-corrected chi connectivity index (χ3v) is 6.42. The number of carbonyl (C=O) groups is 2. The SMILES string of the molecule is COC(=O)c1ccc(/C=C2/Oc3c(ccc(O)c3CN3CCN(c4ccccc4)CC3)C2=O)cc1. The molecule has 0 saturated carbocycles. The lowest BCUT2D eigenvalue weighted by Crippen LogP contribution is -2.46. The third-order valence-electron chi connectivity index (χ3n) is 6.42. The molecule has 178 valence electrons. The number of ether oxygens (including phenoxy) is 2. The standard InChI is InChI=1S/C28H26N2O5/c1-34-28(33)20-9-7-19(8-10-20)17-25-26(32)22-11-12-24(31)23(27(22)35-25)18-29-13-15-30(16-14-29)21-5-3-2-4-6-21/h2-12,17,31H,13-16,18H2,1H3/b25-17+. The van der Waals surface area contributed by atoms with Crippen LogP contribution in [0.1, 0.15) is 31.8 Å². The topological polar surface area (TPSA) is 79.3 Å². The monoisotopic (exact) mass is 470 g/mol. The summed E-state index contributed by atoms with van der Waals surface area (Å²) >= 11 is 0. The summed E-state index contributed by atoms with van der Waals surface area (Å²) in [6, 6.07) is 20.2. The normalized spacial score (nSPS) is 16.8. The number of fused-ring (bicyclic) bond motifs is 1. The average Bonchev–Trinajstić information content (AvgIpc) is 3.21. The Morgan fingerprint density at radius 2 is 1.71 bits per heavy atom. The molecule has 0 spiro atoms. The summed E-state index contributed by atoms with van der Waals surface area (Å²) in [6.07, 6.45) is 1.64. The van der Waals surface area contributed by atoms with Crippen molar-refractivity contribution in [2.75, 3.05) is 38.2 Å². The number of anilines is 1. The number of benzene rings is 3. The highest BCUT2D eigenvalue weighted by molar-refractivity contribution is 6.15. The Labute approximate surface area is 203 Å². The molecule has 0 aliphatic carbocycles. The molecule has 35 heavy (non-hydrogen) atoms. The Bertz CT molecular complexity index is 1280. The molecule has 0 atom stereocenters. The number of phenols is 1. The van der Waals surface area contributed by atoms with Crippen molar-refractivity contribution in [1.82, 2.24) is 4.90 Å². The van der Waals surface area contributed by atoms with E-state index in [0.29, 0.717) is 29.0 Å². The van der Waals surface area contributed by atoms with Gasteiger partial charge in [-0.2, -0.15) is 0 Å². The lowest BCUT2D eigenvalue weighted by Gasteiger charge is -2.36. The van der Waals surface area contributed by atoms with Crippen LogP contribution in [0.15, 0.2) is 72.5 Å². The molecule has 2 heterocycles. The number of allylic oxidation sites excluding steroid dienone is 1. The number of hydrogen-bond donors (Lipinski definition) is 1. The quantitative estimate of drug-likeness (QED) is 0.444. The number of piperazine rings is 1. The zero-order chi connectivity index (χ0) is 24.4. The molecule has 7 nitrogen and oxygen atoms in total. The van der Waals surface area contributed by atoms with E-state index in [9.17, 15) is 14.7 Å². The molecule has 3 aromatic carbocycles. The number of carbonyl (C=O) groups excluding carboxylic acids is 2. The molecule has 1 fully saturated rings. The first-order valence-corrected chi connectivity index (χ1v) is 11.5. The highest BCUT2D eigenvalue weighted by Gasteiger charge is 2.32. The predicted octanol–water partition coefficient (Wildman–Crippen LogP) is 4.12. The fourth-order valence-electron chi connectivity index (χ4n) is 4.46. The molecule has 0 bridgehead atoms. The van der Waals surface area contributed by atoms with Crippen LogP contribution in [0.4, 0.5) is 5.69 Å². The van der Waals surface area contributed by atoms with Gasteiger partial charge in [-0.15, -0.1) is 0 Å². The highest BCUT2D eigenvalue weighted by atomic mass is 16.5. The maximum Gasteiger partial charge on any atom is 0.337 e. The van der Waals surface area contributed by atoms with Gasteiger partial charge in [0.2, 0.25) is 5.78 Å². The minimum atomic E-state index is -0.422. The van der Waals surface area contributed by atoms with E-state index in [1.54, 1.807) is 42.5 Å². The second-order valence-electron chi connectivity index (χ2n) is 8.59. The number of para-hydroxylation sites is 1. The molecule has 3 aromatic rings. The van der Waals surface area contributed by atoms with Crippen molar-refractivity contribution in [3.63, 3.8) is 0 Å². The number of aromatic hydroxyl groups is 1.